The van der Waals surface area contributed by atoms with Gasteiger partial charge in [-0.15, -0.1) is 0 Å². The lowest BCUT2D eigenvalue weighted by molar-refractivity contribution is -0.122. The summed E-state index contributed by atoms with van der Waals surface area (Å²) in [6.07, 6.45) is 0.123. The summed E-state index contributed by atoms with van der Waals surface area (Å²) in [5.74, 6) is 0.0700. The molecule has 152 valence electrons. The molecule has 1 atom stereocenters. The SMILES string of the molecule is COc1ccc(NC(=O)C2CC(=O)N(c3ccc(NC(C)=O)cc3)C2)c(OC)c1. The van der Waals surface area contributed by atoms with Gasteiger partial charge in [0.05, 0.1) is 25.8 Å². The average Bonchev–Trinajstić information content (AvgIpc) is 3.10. The molecule has 1 unspecified atom stereocenters. The first-order valence-electron chi connectivity index (χ1n) is 9.12. The highest BCUT2D eigenvalue weighted by Gasteiger charge is 2.35. The van der Waals surface area contributed by atoms with E-state index in [0.29, 0.717) is 28.6 Å². The molecule has 1 fully saturated rings. The molecule has 2 aromatic rings. The number of nitrogens with zero attached hydrogens (tertiary/aromatic N) is 1. The van der Waals surface area contributed by atoms with E-state index in [4.69, 9.17) is 9.47 Å². The molecule has 0 aliphatic carbocycles. The normalized spacial score (nSPS) is 15.8. The largest absolute Gasteiger partial charge is 0.497 e. The molecule has 0 saturated carbocycles. The number of anilines is 3. The van der Waals surface area contributed by atoms with E-state index in [-0.39, 0.29) is 30.7 Å². The lowest BCUT2D eigenvalue weighted by Gasteiger charge is -2.18. The highest BCUT2D eigenvalue weighted by atomic mass is 16.5. The third kappa shape index (κ3) is 4.66. The van der Waals surface area contributed by atoms with Crippen molar-refractivity contribution in [3.63, 3.8) is 0 Å². The number of carbonyl (C=O) groups is 3. The fraction of sp³-hybridized carbons (Fsp3) is 0.286. The van der Waals surface area contributed by atoms with Crippen LogP contribution in [0.4, 0.5) is 17.1 Å². The molecule has 0 bridgehead atoms. The van der Waals surface area contributed by atoms with E-state index in [9.17, 15) is 14.4 Å². The second kappa shape index (κ2) is 8.64. The zero-order valence-electron chi connectivity index (χ0n) is 16.5. The Hall–Kier alpha value is -3.55. The molecule has 0 aromatic heterocycles. The van der Waals surface area contributed by atoms with Gasteiger partial charge in [0, 0.05) is 37.3 Å². The molecule has 2 aromatic carbocycles. The molecule has 0 spiro atoms. The van der Waals surface area contributed by atoms with Gasteiger partial charge in [-0.05, 0) is 36.4 Å². The Balaban J connectivity index is 1.68. The summed E-state index contributed by atoms with van der Waals surface area (Å²) in [5, 5.41) is 5.51. The Morgan fingerprint density at radius 3 is 2.38 bits per heavy atom. The van der Waals surface area contributed by atoms with Crippen molar-refractivity contribution >= 4 is 34.8 Å². The van der Waals surface area contributed by atoms with Crippen molar-refractivity contribution in [2.75, 3.05) is 36.3 Å². The molecule has 1 aliphatic heterocycles. The number of benzene rings is 2. The second-order valence-electron chi connectivity index (χ2n) is 6.69. The monoisotopic (exact) mass is 397 g/mol. The van der Waals surface area contributed by atoms with Gasteiger partial charge < -0.3 is 25.0 Å². The maximum atomic E-state index is 12.7. The smallest absolute Gasteiger partial charge is 0.229 e. The van der Waals surface area contributed by atoms with Gasteiger partial charge >= 0.3 is 0 Å². The van der Waals surface area contributed by atoms with Crippen LogP contribution in [0.3, 0.4) is 0 Å². The summed E-state index contributed by atoms with van der Waals surface area (Å²) in [5.41, 5.74) is 1.85. The van der Waals surface area contributed by atoms with E-state index in [1.807, 2.05) is 0 Å². The summed E-state index contributed by atoms with van der Waals surface area (Å²) >= 11 is 0. The molecule has 1 saturated heterocycles. The lowest BCUT2D eigenvalue weighted by Crippen LogP contribution is -2.28. The molecule has 3 amide bonds. The average molecular weight is 397 g/mol. The minimum absolute atomic E-state index is 0.123. The standard InChI is InChI=1S/C21H23N3O5/c1-13(25)22-15-4-6-16(7-5-15)24-12-14(10-20(24)26)21(27)23-18-9-8-17(28-2)11-19(18)29-3/h4-9,11,14H,10,12H2,1-3H3,(H,22,25)(H,23,27). The van der Waals surface area contributed by atoms with Gasteiger partial charge in [0.15, 0.2) is 0 Å². The second-order valence-corrected chi connectivity index (χ2v) is 6.69. The van der Waals surface area contributed by atoms with Gasteiger partial charge in [0.25, 0.3) is 0 Å². The van der Waals surface area contributed by atoms with Crippen LogP contribution in [0, 0.1) is 5.92 Å². The molecular weight excluding hydrogens is 374 g/mol. The minimum Gasteiger partial charge on any atom is -0.497 e. The van der Waals surface area contributed by atoms with Crippen molar-refractivity contribution in [2.24, 2.45) is 5.92 Å². The molecular formula is C21H23N3O5. The Labute approximate surface area is 168 Å². The van der Waals surface area contributed by atoms with Crippen LogP contribution in [-0.2, 0) is 14.4 Å². The number of ether oxygens (including phenoxy) is 2. The predicted octanol–water partition coefficient (Wildman–Crippen LogP) is 2.65. The molecule has 8 heteroatoms. The number of methoxy groups -OCH3 is 2. The fourth-order valence-corrected chi connectivity index (χ4v) is 3.20. The van der Waals surface area contributed by atoms with Crippen LogP contribution in [0.25, 0.3) is 0 Å². The van der Waals surface area contributed by atoms with E-state index in [1.165, 1.54) is 14.0 Å². The summed E-state index contributed by atoms with van der Waals surface area (Å²) in [7, 11) is 3.06. The number of amides is 3. The first-order valence-corrected chi connectivity index (χ1v) is 9.12. The van der Waals surface area contributed by atoms with Crippen molar-refractivity contribution in [1.82, 2.24) is 0 Å². The first-order chi connectivity index (χ1) is 13.9. The van der Waals surface area contributed by atoms with Gasteiger partial charge in [0.2, 0.25) is 17.7 Å². The highest BCUT2D eigenvalue weighted by Crippen LogP contribution is 2.31. The topological polar surface area (TPSA) is 97.0 Å². The number of hydrogen-bond acceptors (Lipinski definition) is 5. The van der Waals surface area contributed by atoms with Gasteiger partial charge in [-0.3, -0.25) is 14.4 Å². The van der Waals surface area contributed by atoms with Crippen molar-refractivity contribution < 1.29 is 23.9 Å². The van der Waals surface area contributed by atoms with Gasteiger partial charge in [-0.25, -0.2) is 0 Å². The van der Waals surface area contributed by atoms with Crippen molar-refractivity contribution in [1.29, 1.82) is 0 Å². The minimum atomic E-state index is -0.482. The maximum absolute atomic E-state index is 12.7. The van der Waals surface area contributed by atoms with Crippen LogP contribution < -0.4 is 25.0 Å². The maximum Gasteiger partial charge on any atom is 0.229 e. The highest BCUT2D eigenvalue weighted by molar-refractivity contribution is 6.04. The van der Waals surface area contributed by atoms with Gasteiger partial charge in [-0.1, -0.05) is 0 Å². The molecule has 8 nitrogen and oxygen atoms in total. The van der Waals surface area contributed by atoms with E-state index in [0.717, 1.165) is 0 Å². The summed E-state index contributed by atoms with van der Waals surface area (Å²) < 4.78 is 10.5. The van der Waals surface area contributed by atoms with E-state index in [1.54, 1.807) is 54.5 Å². The van der Waals surface area contributed by atoms with Crippen LogP contribution in [-0.4, -0.2) is 38.5 Å². The number of hydrogen-bond donors (Lipinski definition) is 2. The Morgan fingerprint density at radius 2 is 1.76 bits per heavy atom. The zero-order chi connectivity index (χ0) is 21.0. The lowest BCUT2D eigenvalue weighted by atomic mass is 10.1. The summed E-state index contributed by atoms with van der Waals surface area (Å²) in [4.78, 5) is 37.9. The Bertz CT molecular complexity index is 926. The molecule has 1 heterocycles. The van der Waals surface area contributed by atoms with Crippen molar-refractivity contribution in [3.8, 4) is 11.5 Å². The Kier molecular flexibility index (Phi) is 6.01. The van der Waals surface area contributed by atoms with E-state index < -0.39 is 5.92 Å². The zero-order valence-corrected chi connectivity index (χ0v) is 16.5. The third-order valence-electron chi connectivity index (χ3n) is 4.66. The molecule has 0 radical (unpaired) electrons. The quantitative estimate of drug-likeness (QED) is 0.781. The van der Waals surface area contributed by atoms with E-state index >= 15 is 0 Å². The van der Waals surface area contributed by atoms with Gasteiger partial charge in [0.1, 0.15) is 11.5 Å². The van der Waals surface area contributed by atoms with Gasteiger partial charge in [-0.2, -0.15) is 0 Å². The van der Waals surface area contributed by atoms with Crippen molar-refractivity contribution in [3.05, 3.63) is 42.5 Å². The number of nitrogens with one attached hydrogen (secondary N) is 2. The molecule has 3 rings (SSSR count). The van der Waals surface area contributed by atoms with Crippen LogP contribution in [0.2, 0.25) is 0 Å². The molecule has 2 N–H and O–H groups in total. The molecule has 29 heavy (non-hydrogen) atoms. The first kappa shape index (κ1) is 20.2. The van der Waals surface area contributed by atoms with Crippen LogP contribution in [0.1, 0.15) is 13.3 Å². The summed E-state index contributed by atoms with van der Waals surface area (Å²) in [6.45, 7) is 1.71. The number of carbonyl (C=O) groups excluding carboxylic acids is 3. The Morgan fingerprint density at radius 1 is 1.03 bits per heavy atom. The fourth-order valence-electron chi connectivity index (χ4n) is 3.20. The molecule has 1 aliphatic rings. The van der Waals surface area contributed by atoms with Crippen LogP contribution >= 0.6 is 0 Å². The van der Waals surface area contributed by atoms with Crippen LogP contribution in [0.5, 0.6) is 11.5 Å². The summed E-state index contributed by atoms with van der Waals surface area (Å²) in [6, 6.07) is 12.0. The number of rotatable bonds is 6. The van der Waals surface area contributed by atoms with Crippen molar-refractivity contribution in [2.45, 2.75) is 13.3 Å². The predicted molar refractivity (Wildman–Crippen MR) is 109 cm³/mol. The van der Waals surface area contributed by atoms with E-state index in [2.05, 4.69) is 10.6 Å². The van der Waals surface area contributed by atoms with Crippen LogP contribution in [0.15, 0.2) is 42.5 Å². The third-order valence-corrected chi connectivity index (χ3v) is 4.66.